The maximum Gasteiger partial charge on any atom is 0.416 e. The van der Waals surface area contributed by atoms with Crippen molar-refractivity contribution in [2.45, 2.75) is 70.1 Å². The standard InChI is InChI=1S/C37H40F4N4O2S/c1-4-43(5-2)19-20-44(22-29-12-11-28(21-25(29)3)27-13-15-30(16-14-27)37(39,40)41)34(46)23-45-33-8-6-7-32(33)35(47)42-36(45)48-24-26-9-17-31(38)18-10-26/h9-18,21H,4-8,19-20,22-24H2,1-3H3/i11D,12D,19D2,20D2,21D,23D2,24D2. The third kappa shape index (κ3) is 8.54. The number of hydrogen-bond donors (Lipinski definition) is 0. The van der Waals surface area contributed by atoms with E-state index in [1.807, 2.05) is 0 Å². The first-order valence-electron chi connectivity index (χ1n) is 20.7. The molecule has 0 N–H and O–H groups in total. The summed E-state index contributed by atoms with van der Waals surface area (Å²) in [6.45, 7) is -6.86. The fourth-order valence-electron chi connectivity index (χ4n) is 4.97. The summed E-state index contributed by atoms with van der Waals surface area (Å²) in [5.74, 6) is -2.41. The fraction of sp³-hybridized carbons (Fsp3) is 0.378. The van der Waals surface area contributed by atoms with Gasteiger partial charge in [-0.25, -0.2) is 4.39 Å². The molecule has 11 heteroatoms. The van der Waals surface area contributed by atoms with Crippen LogP contribution in [0, 0.1) is 12.7 Å². The van der Waals surface area contributed by atoms with Crippen LogP contribution in [0.1, 0.15) is 68.9 Å². The molecule has 1 aliphatic rings. The number of hydrogen-bond acceptors (Lipinski definition) is 5. The molecule has 1 heterocycles. The summed E-state index contributed by atoms with van der Waals surface area (Å²) in [5.41, 5.74) is -5.16. The van der Waals surface area contributed by atoms with E-state index in [2.05, 4.69) is 4.98 Å². The first-order chi connectivity index (χ1) is 27.2. The fourth-order valence-corrected chi connectivity index (χ4v) is 5.70. The number of alkyl halides is 3. The highest BCUT2D eigenvalue weighted by Gasteiger charge is 2.30. The molecule has 1 aliphatic carbocycles. The monoisotopic (exact) mass is 691 g/mol. The summed E-state index contributed by atoms with van der Waals surface area (Å²) in [4.78, 5) is 33.4. The van der Waals surface area contributed by atoms with Gasteiger partial charge in [0, 0.05) is 42.0 Å². The molecule has 4 aromatic rings. The lowest BCUT2D eigenvalue weighted by molar-refractivity contribution is -0.137. The third-order valence-electron chi connectivity index (χ3n) is 7.69. The normalized spacial score (nSPS) is 17.4. The number of aromatic nitrogens is 2. The van der Waals surface area contributed by atoms with Crippen molar-refractivity contribution >= 4 is 17.7 Å². The lowest BCUT2D eigenvalue weighted by atomic mass is 9.98. The van der Waals surface area contributed by atoms with E-state index in [-0.39, 0.29) is 81.7 Å². The molecule has 0 saturated carbocycles. The Kier molecular flexibility index (Phi) is 7.56. The molecule has 1 aromatic heterocycles. The molecule has 254 valence electrons. The van der Waals surface area contributed by atoms with Gasteiger partial charge < -0.3 is 14.4 Å². The van der Waals surface area contributed by atoms with E-state index in [0.29, 0.717) is 11.0 Å². The summed E-state index contributed by atoms with van der Waals surface area (Å²) >= 11 is 0.241. The van der Waals surface area contributed by atoms with Crippen molar-refractivity contribution in [2.24, 2.45) is 0 Å². The van der Waals surface area contributed by atoms with Gasteiger partial charge >= 0.3 is 6.18 Å². The Balaban J connectivity index is 1.71. The molecule has 0 saturated heterocycles. The predicted molar refractivity (Wildman–Crippen MR) is 181 cm³/mol. The van der Waals surface area contributed by atoms with Crippen LogP contribution in [-0.2, 0) is 42.6 Å². The van der Waals surface area contributed by atoms with Crippen LogP contribution in [-0.4, -0.2) is 51.3 Å². The number of carbonyl (C=O) groups is 1. The predicted octanol–water partition coefficient (Wildman–Crippen LogP) is 7.53. The molecule has 0 atom stereocenters. The summed E-state index contributed by atoms with van der Waals surface area (Å²) in [6.07, 6.45) is -4.22. The van der Waals surface area contributed by atoms with E-state index in [4.69, 9.17) is 9.60 Å². The maximum atomic E-state index is 15.0. The van der Waals surface area contributed by atoms with Crippen LogP contribution in [0.15, 0.2) is 76.6 Å². The third-order valence-corrected chi connectivity index (χ3v) is 8.48. The number of thioether (sulfide) groups is 1. The Morgan fingerprint density at radius 3 is 2.40 bits per heavy atom. The Morgan fingerprint density at radius 1 is 1.02 bits per heavy atom. The van der Waals surface area contributed by atoms with Crippen molar-refractivity contribution in [1.82, 2.24) is 19.4 Å². The summed E-state index contributed by atoms with van der Waals surface area (Å²) < 4.78 is 154. The van der Waals surface area contributed by atoms with E-state index >= 15 is 0 Å². The Hall–Kier alpha value is -3.96. The first-order valence-corrected chi connectivity index (χ1v) is 16.0. The lowest BCUT2D eigenvalue weighted by Gasteiger charge is -2.28. The number of fused-ring (bicyclic) bond motifs is 1. The number of amides is 1. The van der Waals surface area contributed by atoms with Crippen LogP contribution >= 0.6 is 11.8 Å². The second kappa shape index (κ2) is 15.5. The maximum absolute atomic E-state index is 15.0. The number of carbonyl (C=O) groups excluding carboxylic acids is 1. The van der Waals surface area contributed by atoms with Gasteiger partial charge in [-0.05, 0) is 91.4 Å². The molecule has 0 spiro atoms. The molecular formula is C37H40F4N4O2S. The SMILES string of the molecule is [2H]c1c([2H])c(-c2ccc(C(F)(F)F)cc2)c([2H])c(C)c1CN(C(=O)C([2H])([2H])n1c(SC([2H])([2H])c2ccc(F)cc2)nc(=O)c2c1CCC2)C([2H])([2H])C([2H])([2H])N(CC)CC. The second-order valence-electron chi connectivity index (χ2n) is 10.9. The quantitative estimate of drug-likeness (QED) is 0.0825. The Labute approximate surface area is 298 Å². The van der Waals surface area contributed by atoms with Crippen molar-refractivity contribution in [3.63, 3.8) is 0 Å². The van der Waals surface area contributed by atoms with Crippen LogP contribution in [0.5, 0.6) is 0 Å². The van der Waals surface area contributed by atoms with Crippen molar-refractivity contribution in [1.29, 1.82) is 0 Å². The van der Waals surface area contributed by atoms with Gasteiger partial charge in [0.1, 0.15) is 12.3 Å². The van der Waals surface area contributed by atoms with Gasteiger partial charge in [0.25, 0.3) is 5.56 Å². The van der Waals surface area contributed by atoms with E-state index in [1.165, 1.54) is 20.8 Å². The number of nitrogens with zero attached hydrogens (tertiary/aromatic N) is 4. The minimum Gasteiger partial charge on any atom is -0.336 e. The Morgan fingerprint density at radius 2 is 1.73 bits per heavy atom. The van der Waals surface area contributed by atoms with E-state index in [0.717, 1.165) is 53.4 Å². The highest BCUT2D eigenvalue weighted by molar-refractivity contribution is 7.98. The average Bonchev–Trinajstić information content (AvgIpc) is 3.64. The molecule has 0 aliphatic heterocycles. The second-order valence-corrected chi connectivity index (χ2v) is 11.6. The van der Waals surface area contributed by atoms with Crippen molar-refractivity contribution in [2.75, 3.05) is 26.1 Å². The van der Waals surface area contributed by atoms with Crippen LogP contribution < -0.4 is 5.56 Å². The zero-order chi connectivity index (χ0) is 44.2. The lowest BCUT2D eigenvalue weighted by Crippen LogP contribution is -2.40. The van der Waals surface area contributed by atoms with Gasteiger partial charge in [0.15, 0.2) is 5.16 Å². The van der Waals surface area contributed by atoms with E-state index in [1.54, 1.807) is 0 Å². The van der Waals surface area contributed by atoms with Crippen LogP contribution in [0.3, 0.4) is 0 Å². The number of halogens is 4. The van der Waals surface area contributed by atoms with Gasteiger partial charge in [-0.3, -0.25) is 9.59 Å². The molecule has 6 nitrogen and oxygen atoms in total. The smallest absolute Gasteiger partial charge is 0.336 e. The highest BCUT2D eigenvalue weighted by atomic mass is 32.2. The molecule has 0 fully saturated rings. The van der Waals surface area contributed by atoms with Crippen LogP contribution in [0.25, 0.3) is 11.1 Å². The van der Waals surface area contributed by atoms with Crippen molar-refractivity contribution < 1.29 is 37.4 Å². The van der Waals surface area contributed by atoms with E-state index in [9.17, 15) is 32.6 Å². The van der Waals surface area contributed by atoms with Crippen molar-refractivity contribution in [3.8, 4) is 11.1 Å². The van der Waals surface area contributed by atoms with Crippen LogP contribution in [0.2, 0.25) is 0 Å². The zero-order valence-corrected chi connectivity index (χ0v) is 27.2. The van der Waals surface area contributed by atoms with Gasteiger partial charge in [-0.1, -0.05) is 68.0 Å². The molecular weight excluding hydrogens is 640 g/mol. The highest BCUT2D eigenvalue weighted by Crippen LogP contribution is 2.32. The topological polar surface area (TPSA) is 58.4 Å². The molecule has 1 amide bonds. The van der Waals surface area contributed by atoms with Gasteiger partial charge in [0.05, 0.1) is 15.2 Å². The summed E-state index contributed by atoms with van der Waals surface area (Å²) in [6, 6.07) is 5.96. The van der Waals surface area contributed by atoms with Gasteiger partial charge in [-0.15, -0.1) is 0 Å². The van der Waals surface area contributed by atoms with Crippen LogP contribution in [0.4, 0.5) is 17.6 Å². The first kappa shape index (κ1) is 23.4. The minimum atomic E-state index is -4.68. The molecule has 0 bridgehead atoms. The minimum absolute atomic E-state index is 0.0151. The van der Waals surface area contributed by atoms with Gasteiger partial charge in [0.2, 0.25) is 5.91 Å². The zero-order valence-electron chi connectivity index (χ0n) is 37.4. The summed E-state index contributed by atoms with van der Waals surface area (Å²) in [5, 5.41) is -0.629. The van der Waals surface area contributed by atoms with Crippen molar-refractivity contribution in [3.05, 3.63) is 116 Å². The number of rotatable bonds is 13. The van der Waals surface area contributed by atoms with Gasteiger partial charge in [-0.2, -0.15) is 18.2 Å². The number of benzene rings is 3. The molecule has 5 rings (SSSR count). The molecule has 0 radical (unpaired) electrons. The van der Waals surface area contributed by atoms with E-state index < -0.39 is 84.0 Å². The Bertz CT molecular complexity index is 2280. The molecule has 48 heavy (non-hydrogen) atoms. The molecule has 0 unspecified atom stereocenters. The average molecular weight is 692 g/mol. The number of likely N-dealkylation sites (N-methyl/N-ethyl adjacent to an activating group) is 1. The molecule has 3 aromatic carbocycles. The summed E-state index contributed by atoms with van der Waals surface area (Å²) in [7, 11) is 0. The largest absolute Gasteiger partial charge is 0.416 e.